The summed E-state index contributed by atoms with van der Waals surface area (Å²) in [7, 11) is 0. The van der Waals surface area contributed by atoms with Crippen LogP contribution in [0.25, 0.3) is 6.08 Å². The predicted molar refractivity (Wildman–Crippen MR) is 128 cm³/mol. The number of amides is 1. The van der Waals surface area contributed by atoms with Gasteiger partial charge in [0.15, 0.2) is 0 Å². The van der Waals surface area contributed by atoms with Crippen molar-refractivity contribution in [1.82, 2.24) is 9.80 Å². The Morgan fingerprint density at radius 1 is 1.06 bits per heavy atom. The van der Waals surface area contributed by atoms with E-state index in [4.69, 9.17) is 4.74 Å². The lowest BCUT2D eigenvalue weighted by atomic mass is 9.98. The SMILES string of the molecule is C=Cc1c(O)cccc1OCC1CCCCN1C(=O)c1ccccc1CCN1CCCC1. The van der Waals surface area contributed by atoms with Gasteiger partial charge in [0.1, 0.15) is 18.1 Å². The Labute approximate surface area is 191 Å². The summed E-state index contributed by atoms with van der Waals surface area (Å²) in [5.74, 6) is 0.861. The van der Waals surface area contributed by atoms with Gasteiger partial charge in [0.2, 0.25) is 0 Å². The normalized spacial score (nSPS) is 19.1. The van der Waals surface area contributed by atoms with Crippen molar-refractivity contribution in [3.63, 3.8) is 0 Å². The van der Waals surface area contributed by atoms with Crippen molar-refractivity contribution in [2.75, 3.05) is 32.8 Å². The molecule has 2 fully saturated rings. The van der Waals surface area contributed by atoms with E-state index in [0.29, 0.717) is 17.9 Å². The third-order valence-corrected chi connectivity index (χ3v) is 6.71. The number of phenolic OH excluding ortho intramolecular Hbond substituents is 1. The average Bonchev–Trinajstić information content (AvgIpc) is 3.35. The number of carbonyl (C=O) groups excluding carboxylic acids is 1. The van der Waals surface area contributed by atoms with E-state index in [1.54, 1.807) is 18.2 Å². The number of phenols is 1. The van der Waals surface area contributed by atoms with Crippen molar-refractivity contribution in [2.45, 2.75) is 44.6 Å². The van der Waals surface area contributed by atoms with Crippen LogP contribution < -0.4 is 4.74 Å². The molecule has 4 rings (SSSR count). The molecule has 2 aliphatic heterocycles. The third kappa shape index (κ3) is 5.16. The molecule has 2 saturated heterocycles. The van der Waals surface area contributed by atoms with Crippen molar-refractivity contribution < 1.29 is 14.6 Å². The lowest BCUT2D eigenvalue weighted by molar-refractivity contribution is 0.0527. The zero-order valence-electron chi connectivity index (χ0n) is 18.8. The highest BCUT2D eigenvalue weighted by molar-refractivity contribution is 5.96. The van der Waals surface area contributed by atoms with Crippen molar-refractivity contribution in [3.8, 4) is 11.5 Å². The molecule has 32 heavy (non-hydrogen) atoms. The number of benzene rings is 2. The Kier molecular flexibility index (Phi) is 7.48. The van der Waals surface area contributed by atoms with Gasteiger partial charge in [-0.25, -0.2) is 0 Å². The summed E-state index contributed by atoms with van der Waals surface area (Å²) in [5, 5.41) is 10.1. The topological polar surface area (TPSA) is 53.0 Å². The van der Waals surface area contributed by atoms with E-state index in [1.807, 2.05) is 29.2 Å². The molecule has 0 aliphatic carbocycles. The lowest BCUT2D eigenvalue weighted by Gasteiger charge is -2.36. The smallest absolute Gasteiger partial charge is 0.254 e. The van der Waals surface area contributed by atoms with E-state index in [1.165, 1.54) is 25.9 Å². The van der Waals surface area contributed by atoms with Gasteiger partial charge in [0.05, 0.1) is 11.6 Å². The Hall–Kier alpha value is -2.79. The second kappa shape index (κ2) is 10.7. The Morgan fingerprint density at radius 2 is 1.84 bits per heavy atom. The number of hydrogen-bond donors (Lipinski definition) is 1. The van der Waals surface area contributed by atoms with Gasteiger partial charge < -0.3 is 19.6 Å². The van der Waals surface area contributed by atoms with E-state index in [-0.39, 0.29) is 17.7 Å². The number of hydrogen-bond acceptors (Lipinski definition) is 4. The molecule has 2 aliphatic rings. The van der Waals surface area contributed by atoms with Crippen LogP contribution in [-0.2, 0) is 6.42 Å². The molecule has 0 saturated carbocycles. The number of carbonyl (C=O) groups is 1. The van der Waals surface area contributed by atoms with Crippen molar-refractivity contribution in [2.24, 2.45) is 0 Å². The van der Waals surface area contributed by atoms with Crippen LogP contribution in [0.4, 0.5) is 0 Å². The van der Waals surface area contributed by atoms with Gasteiger partial charge in [-0.15, -0.1) is 0 Å². The molecule has 1 atom stereocenters. The molecule has 1 amide bonds. The Balaban J connectivity index is 1.46. The molecule has 1 N–H and O–H groups in total. The molecule has 5 nitrogen and oxygen atoms in total. The maximum absolute atomic E-state index is 13.6. The molecule has 5 heteroatoms. The quantitative estimate of drug-likeness (QED) is 0.652. The van der Waals surface area contributed by atoms with Gasteiger partial charge in [-0.2, -0.15) is 0 Å². The average molecular weight is 435 g/mol. The minimum absolute atomic E-state index is 0.0166. The fourth-order valence-corrected chi connectivity index (χ4v) is 4.88. The first-order valence-corrected chi connectivity index (χ1v) is 11.9. The first-order valence-electron chi connectivity index (χ1n) is 11.9. The first kappa shape index (κ1) is 22.4. The Bertz CT molecular complexity index is 936. The number of likely N-dealkylation sites (tertiary alicyclic amines) is 2. The van der Waals surface area contributed by atoms with Crippen LogP contribution in [0.15, 0.2) is 49.0 Å². The highest BCUT2D eigenvalue weighted by Gasteiger charge is 2.29. The summed E-state index contributed by atoms with van der Waals surface area (Å²) < 4.78 is 6.08. The number of piperidine rings is 1. The van der Waals surface area contributed by atoms with Crippen LogP contribution in [0.1, 0.15) is 53.6 Å². The first-order chi connectivity index (χ1) is 15.7. The van der Waals surface area contributed by atoms with Gasteiger partial charge in [-0.1, -0.05) is 36.9 Å². The molecule has 2 aromatic carbocycles. The van der Waals surface area contributed by atoms with Gasteiger partial charge in [0, 0.05) is 18.7 Å². The third-order valence-electron chi connectivity index (χ3n) is 6.71. The molecular formula is C27H34N2O3. The highest BCUT2D eigenvalue weighted by atomic mass is 16.5. The standard InChI is InChI=1S/C27H34N2O3/c1-2-23-25(30)13-9-14-26(23)32-20-22-11-5-6-18-29(22)27(31)24-12-4-3-10-21(24)15-19-28-16-7-8-17-28/h2-4,9-10,12-14,22,30H,1,5-8,11,15-20H2. The Morgan fingerprint density at radius 3 is 2.66 bits per heavy atom. The second-order valence-corrected chi connectivity index (χ2v) is 8.81. The maximum Gasteiger partial charge on any atom is 0.254 e. The van der Waals surface area contributed by atoms with Gasteiger partial charge >= 0.3 is 0 Å². The van der Waals surface area contributed by atoms with Gasteiger partial charge in [-0.05, 0) is 75.4 Å². The van der Waals surface area contributed by atoms with Crippen LogP contribution in [0.3, 0.4) is 0 Å². The molecule has 0 spiro atoms. The summed E-state index contributed by atoms with van der Waals surface area (Å²) in [6.45, 7) is 8.29. The van der Waals surface area contributed by atoms with Crippen molar-refractivity contribution in [3.05, 3.63) is 65.7 Å². The summed E-state index contributed by atoms with van der Waals surface area (Å²) >= 11 is 0. The fraction of sp³-hybridized carbons (Fsp3) is 0.444. The number of nitrogens with zero attached hydrogens (tertiary/aromatic N) is 2. The minimum Gasteiger partial charge on any atom is -0.507 e. The molecule has 0 bridgehead atoms. The largest absolute Gasteiger partial charge is 0.507 e. The lowest BCUT2D eigenvalue weighted by Crippen LogP contribution is -2.47. The summed E-state index contributed by atoms with van der Waals surface area (Å²) in [5.41, 5.74) is 2.55. The number of ether oxygens (including phenoxy) is 1. The van der Waals surface area contributed by atoms with Crippen LogP contribution in [0.5, 0.6) is 11.5 Å². The highest BCUT2D eigenvalue weighted by Crippen LogP contribution is 2.30. The van der Waals surface area contributed by atoms with E-state index >= 15 is 0 Å². The molecule has 1 unspecified atom stereocenters. The zero-order valence-corrected chi connectivity index (χ0v) is 18.8. The van der Waals surface area contributed by atoms with Crippen LogP contribution in [-0.4, -0.2) is 59.6 Å². The van der Waals surface area contributed by atoms with Gasteiger partial charge in [0.25, 0.3) is 5.91 Å². The van der Waals surface area contributed by atoms with E-state index in [2.05, 4.69) is 17.5 Å². The zero-order chi connectivity index (χ0) is 22.3. The monoisotopic (exact) mass is 434 g/mol. The van der Waals surface area contributed by atoms with Gasteiger partial charge in [-0.3, -0.25) is 4.79 Å². The summed E-state index contributed by atoms with van der Waals surface area (Å²) in [6.07, 6.45) is 8.09. The molecule has 0 radical (unpaired) electrons. The van der Waals surface area contributed by atoms with E-state index in [0.717, 1.165) is 49.9 Å². The molecular weight excluding hydrogens is 400 g/mol. The summed E-state index contributed by atoms with van der Waals surface area (Å²) in [6, 6.07) is 13.3. The molecule has 2 heterocycles. The number of aromatic hydroxyl groups is 1. The van der Waals surface area contributed by atoms with Crippen LogP contribution >= 0.6 is 0 Å². The fourth-order valence-electron chi connectivity index (χ4n) is 4.88. The van der Waals surface area contributed by atoms with Crippen molar-refractivity contribution >= 4 is 12.0 Å². The van der Waals surface area contributed by atoms with Crippen molar-refractivity contribution in [1.29, 1.82) is 0 Å². The molecule has 0 aromatic heterocycles. The van der Waals surface area contributed by atoms with E-state index < -0.39 is 0 Å². The predicted octanol–water partition coefficient (Wildman–Crippen LogP) is 4.75. The minimum atomic E-state index is 0.0166. The molecule has 170 valence electrons. The molecule has 2 aromatic rings. The number of rotatable bonds is 8. The maximum atomic E-state index is 13.6. The van der Waals surface area contributed by atoms with Crippen LogP contribution in [0.2, 0.25) is 0 Å². The second-order valence-electron chi connectivity index (χ2n) is 8.81. The van der Waals surface area contributed by atoms with Crippen LogP contribution in [0, 0.1) is 0 Å². The summed E-state index contributed by atoms with van der Waals surface area (Å²) in [4.78, 5) is 18.1. The van der Waals surface area contributed by atoms with E-state index in [9.17, 15) is 9.90 Å².